The number of rotatable bonds is 6. The summed E-state index contributed by atoms with van der Waals surface area (Å²) in [6.07, 6.45) is 1.58. The predicted octanol–water partition coefficient (Wildman–Crippen LogP) is 0.361. The summed E-state index contributed by atoms with van der Waals surface area (Å²) in [6.45, 7) is 4.26. The third-order valence-corrected chi connectivity index (χ3v) is 4.33. The van der Waals surface area contributed by atoms with Crippen molar-refractivity contribution in [1.82, 2.24) is 20.5 Å². The number of aromatic nitrogens is 1. The standard InChI is InChI=1S/C13H18N4O3S/c1-8-9(2)21-11(16-8)4-3-5-14-10(18)7-17-12(19)6-15-13(17)20/h3-7H2,1-2H3,(H,14,18)(H,15,20). The average Bonchev–Trinajstić information content (AvgIpc) is 2.91. The Morgan fingerprint density at radius 3 is 2.76 bits per heavy atom. The van der Waals surface area contributed by atoms with Gasteiger partial charge in [0.2, 0.25) is 5.91 Å². The van der Waals surface area contributed by atoms with Crippen LogP contribution in [0.1, 0.15) is 22.0 Å². The Hall–Kier alpha value is -1.96. The van der Waals surface area contributed by atoms with E-state index in [0.29, 0.717) is 6.54 Å². The number of carbonyl (C=O) groups excluding carboxylic acids is 3. The van der Waals surface area contributed by atoms with Crippen LogP contribution in [0.3, 0.4) is 0 Å². The van der Waals surface area contributed by atoms with Crippen molar-refractivity contribution in [2.75, 3.05) is 19.6 Å². The molecule has 1 saturated heterocycles. The molecule has 1 aliphatic rings. The first-order chi connectivity index (χ1) is 9.97. The van der Waals surface area contributed by atoms with Crippen molar-refractivity contribution in [1.29, 1.82) is 0 Å². The molecule has 0 aromatic carbocycles. The molecule has 21 heavy (non-hydrogen) atoms. The Kier molecular flexibility index (Phi) is 4.89. The van der Waals surface area contributed by atoms with E-state index in [1.165, 1.54) is 4.88 Å². The quantitative estimate of drug-likeness (QED) is 0.586. The van der Waals surface area contributed by atoms with Crippen LogP contribution in [0, 0.1) is 13.8 Å². The zero-order chi connectivity index (χ0) is 15.4. The van der Waals surface area contributed by atoms with Gasteiger partial charge in [-0.1, -0.05) is 0 Å². The lowest BCUT2D eigenvalue weighted by atomic mass is 10.3. The number of carbonyl (C=O) groups is 3. The fourth-order valence-electron chi connectivity index (χ4n) is 1.93. The summed E-state index contributed by atoms with van der Waals surface area (Å²) in [5.41, 5.74) is 1.05. The molecule has 114 valence electrons. The Morgan fingerprint density at radius 1 is 1.43 bits per heavy atom. The van der Waals surface area contributed by atoms with Crippen molar-refractivity contribution < 1.29 is 14.4 Å². The molecule has 8 heteroatoms. The maximum atomic E-state index is 11.7. The van der Waals surface area contributed by atoms with Crippen LogP contribution in [0.15, 0.2) is 0 Å². The Morgan fingerprint density at radius 2 is 2.19 bits per heavy atom. The molecule has 0 atom stereocenters. The minimum atomic E-state index is -0.510. The fraction of sp³-hybridized carbons (Fsp3) is 0.538. The van der Waals surface area contributed by atoms with E-state index in [0.717, 1.165) is 28.4 Å². The van der Waals surface area contributed by atoms with Crippen molar-refractivity contribution in [2.24, 2.45) is 0 Å². The molecular weight excluding hydrogens is 292 g/mol. The number of hydrogen-bond acceptors (Lipinski definition) is 5. The van der Waals surface area contributed by atoms with Gasteiger partial charge in [0, 0.05) is 17.8 Å². The number of amides is 4. The molecule has 0 aliphatic carbocycles. The van der Waals surface area contributed by atoms with E-state index < -0.39 is 6.03 Å². The van der Waals surface area contributed by atoms with E-state index in [9.17, 15) is 14.4 Å². The lowest BCUT2D eigenvalue weighted by molar-refractivity contribution is -0.130. The van der Waals surface area contributed by atoms with Crippen molar-refractivity contribution in [3.63, 3.8) is 0 Å². The molecule has 0 saturated carbocycles. The molecule has 2 heterocycles. The number of nitrogens with zero attached hydrogens (tertiary/aromatic N) is 2. The van der Waals surface area contributed by atoms with Crippen molar-refractivity contribution in [3.8, 4) is 0 Å². The predicted molar refractivity (Wildman–Crippen MR) is 78.0 cm³/mol. The van der Waals surface area contributed by atoms with Gasteiger partial charge in [-0.3, -0.25) is 14.5 Å². The first-order valence-corrected chi connectivity index (χ1v) is 7.57. The lowest BCUT2D eigenvalue weighted by Crippen LogP contribution is -2.41. The van der Waals surface area contributed by atoms with Gasteiger partial charge in [-0.15, -0.1) is 11.3 Å². The average molecular weight is 310 g/mol. The van der Waals surface area contributed by atoms with Crippen LogP contribution >= 0.6 is 11.3 Å². The fourth-order valence-corrected chi connectivity index (χ4v) is 2.90. The molecule has 2 rings (SSSR count). The number of urea groups is 1. The molecule has 4 amide bonds. The maximum Gasteiger partial charge on any atom is 0.325 e. The number of aryl methyl sites for hydroxylation is 3. The Labute approximate surface area is 126 Å². The Balaban J connectivity index is 1.67. The molecule has 2 N–H and O–H groups in total. The molecule has 0 radical (unpaired) electrons. The molecular formula is C13H18N4O3S. The maximum absolute atomic E-state index is 11.7. The van der Waals surface area contributed by atoms with Gasteiger partial charge in [0.1, 0.15) is 6.54 Å². The molecule has 1 aliphatic heterocycles. The van der Waals surface area contributed by atoms with Gasteiger partial charge in [0.25, 0.3) is 5.91 Å². The summed E-state index contributed by atoms with van der Waals surface area (Å²) in [4.78, 5) is 40.8. The van der Waals surface area contributed by atoms with E-state index in [-0.39, 0.29) is 24.9 Å². The second-order valence-corrected chi connectivity index (χ2v) is 6.13. The molecule has 0 bridgehead atoms. The monoisotopic (exact) mass is 310 g/mol. The highest BCUT2D eigenvalue weighted by Gasteiger charge is 2.29. The summed E-state index contributed by atoms with van der Waals surface area (Å²) in [6, 6.07) is -0.510. The highest BCUT2D eigenvalue weighted by Crippen LogP contribution is 2.17. The number of imide groups is 1. The van der Waals surface area contributed by atoms with Gasteiger partial charge >= 0.3 is 6.03 Å². The summed E-state index contributed by atoms with van der Waals surface area (Å²) in [5, 5.41) is 6.14. The van der Waals surface area contributed by atoms with E-state index in [1.54, 1.807) is 11.3 Å². The van der Waals surface area contributed by atoms with Crippen LogP contribution in [0.4, 0.5) is 4.79 Å². The molecule has 1 aromatic heterocycles. The van der Waals surface area contributed by atoms with Crippen molar-refractivity contribution >= 4 is 29.2 Å². The van der Waals surface area contributed by atoms with Gasteiger partial charge in [0.05, 0.1) is 17.2 Å². The van der Waals surface area contributed by atoms with Crippen molar-refractivity contribution in [3.05, 3.63) is 15.6 Å². The summed E-state index contributed by atoms with van der Waals surface area (Å²) in [7, 11) is 0. The second-order valence-electron chi connectivity index (χ2n) is 4.84. The summed E-state index contributed by atoms with van der Waals surface area (Å²) >= 11 is 1.67. The van der Waals surface area contributed by atoms with Crippen LogP contribution in [0.5, 0.6) is 0 Å². The molecule has 1 fully saturated rings. The lowest BCUT2D eigenvalue weighted by Gasteiger charge is -2.11. The van der Waals surface area contributed by atoms with E-state index >= 15 is 0 Å². The normalized spacial score (nSPS) is 14.5. The van der Waals surface area contributed by atoms with Gasteiger partial charge in [-0.05, 0) is 20.3 Å². The number of hydrogen-bond donors (Lipinski definition) is 2. The van der Waals surface area contributed by atoms with Crippen LogP contribution in [-0.2, 0) is 16.0 Å². The van der Waals surface area contributed by atoms with Gasteiger partial charge < -0.3 is 10.6 Å². The van der Waals surface area contributed by atoms with Crippen LogP contribution < -0.4 is 10.6 Å². The summed E-state index contributed by atoms with van der Waals surface area (Å²) in [5.74, 6) is -0.698. The van der Waals surface area contributed by atoms with Crippen LogP contribution in [0.25, 0.3) is 0 Å². The molecule has 1 aromatic rings. The summed E-state index contributed by atoms with van der Waals surface area (Å²) < 4.78 is 0. The zero-order valence-corrected chi connectivity index (χ0v) is 12.9. The van der Waals surface area contributed by atoms with Crippen LogP contribution in [-0.4, -0.2) is 47.4 Å². The van der Waals surface area contributed by atoms with Gasteiger partial charge in [-0.25, -0.2) is 9.78 Å². The Bertz CT molecular complexity index is 534. The highest BCUT2D eigenvalue weighted by molar-refractivity contribution is 7.11. The van der Waals surface area contributed by atoms with Gasteiger partial charge in [-0.2, -0.15) is 0 Å². The zero-order valence-electron chi connectivity index (χ0n) is 12.1. The van der Waals surface area contributed by atoms with E-state index in [1.807, 2.05) is 13.8 Å². The third-order valence-electron chi connectivity index (χ3n) is 3.20. The topological polar surface area (TPSA) is 91.4 Å². The minimum absolute atomic E-state index is 0.0329. The first-order valence-electron chi connectivity index (χ1n) is 6.75. The van der Waals surface area contributed by atoms with E-state index in [2.05, 4.69) is 15.6 Å². The first kappa shape index (κ1) is 15.4. The molecule has 0 spiro atoms. The smallest absolute Gasteiger partial charge is 0.325 e. The molecule has 7 nitrogen and oxygen atoms in total. The van der Waals surface area contributed by atoms with E-state index in [4.69, 9.17) is 0 Å². The van der Waals surface area contributed by atoms with Crippen LogP contribution in [0.2, 0.25) is 0 Å². The number of nitrogens with one attached hydrogen (secondary N) is 2. The second kappa shape index (κ2) is 6.66. The SMILES string of the molecule is Cc1nc(CCCNC(=O)CN2C(=O)CNC2=O)sc1C. The third kappa shape index (κ3) is 4.01. The molecule has 0 unspecified atom stereocenters. The van der Waals surface area contributed by atoms with Gasteiger partial charge in [0.15, 0.2) is 0 Å². The minimum Gasteiger partial charge on any atom is -0.355 e. The largest absolute Gasteiger partial charge is 0.355 e. The highest BCUT2D eigenvalue weighted by atomic mass is 32.1. The number of thiazole rings is 1. The van der Waals surface area contributed by atoms with Crippen molar-refractivity contribution in [2.45, 2.75) is 26.7 Å².